The molecule has 0 aromatic carbocycles. The number of halogens is 1. The van der Waals surface area contributed by atoms with Crippen LogP contribution in [0.3, 0.4) is 0 Å². The molecule has 1 aliphatic rings. The molecule has 1 atom stereocenters. The third-order valence-electron chi connectivity index (χ3n) is 3.63. The normalized spacial score (nSPS) is 28.4. The quantitative estimate of drug-likeness (QED) is 0.790. The maximum Gasteiger partial charge on any atom is 0.164 e. The van der Waals surface area contributed by atoms with Gasteiger partial charge in [0.2, 0.25) is 0 Å². The summed E-state index contributed by atoms with van der Waals surface area (Å²) >= 11 is 0. The van der Waals surface area contributed by atoms with Crippen LogP contribution in [-0.2, 0) is 0 Å². The first kappa shape index (κ1) is 11.3. The first-order valence-corrected chi connectivity index (χ1v) is 5.40. The second kappa shape index (κ2) is 3.42. The van der Waals surface area contributed by atoms with Crippen molar-refractivity contribution >= 4 is 5.69 Å². The van der Waals surface area contributed by atoms with Crippen molar-refractivity contribution in [2.75, 3.05) is 18.0 Å². The lowest BCUT2D eigenvalue weighted by molar-refractivity contribution is -0.00890. The van der Waals surface area contributed by atoms with Crippen LogP contribution in [0.15, 0.2) is 18.5 Å². The van der Waals surface area contributed by atoms with Crippen molar-refractivity contribution in [2.24, 2.45) is 5.41 Å². The van der Waals surface area contributed by atoms with E-state index >= 15 is 0 Å². The molecule has 2 rings (SSSR count). The third kappa shape index (κ3) is 1.67. The highest BCUT2D eigenvalue weighted by molar-refractivity contribution is 5.48. The van der Waals surface area contributed by atoms with Gasteiger partial charge in [-0.2, -0.15) is 0 Å². The average Bonchev–Trinajstić information content (AvgIpc) is 2.36. The minimum absolute atomic E-state index is 0.247. The van der Waals surface area contributed by atoms with E-state index in [2.05, 4.69) is 4.98 Å². The second-order valence-corrected chi connectivity index (χ2v) is 5.34. The smallest absolute Gasteiger partial charge is 0.164 e. The molecule has 0 bridgehead atoms. The van der Waals surface area contributed by atoms with E-state index in [1.54, 1.807) is 19.2 Å². The number of anilines is 1. The molecule has 0 aliphatic carbocycles. The Bertz CT molecular complexity index is 388. The average molecular weight is 224 g/mol. The molecule has 1 aromatic rings. The number of pyridine rings is 1. The summed E-state index contributed by atoms with van der Waals surface area (Å²) in [4.78, 5) is 5.60. The largest absolute Gasteiger partial charge is 0.388 e. The summed E-state index contributed by atoms with van der Waals surface area (Å²) in [6.07, 6.45) is 2.77. The lowest BCUT2D eigenvalue weighted by Gasteiger charge is -2.30. The highest BCUT2D eigenvalue weighted by Crippen LogP contribution is 2.40. The van der Waals surface area contributed by atoms with Gasteiger partial charge in [-0.15, -0.1) is 0 Å². The number of aliphatic hydroxyl groups is 1. The van der Waals surface area contributed by atoms with E-state index in [-0.39, 0.29) is 11.2 Å². The summed E-state index contributed by atoms with van der Waals surface area (Å²) in [5.74, 6) is -0.337. The van der Waals surface area contributed by atoms with Gasteiger partial charge >= 0.3 is 0 Å². The van der Waals surface area contributed by atoms with E-state index < -0.39 is 5.60 Å². The van der Waals surface area contributed by atoms with Gasteiger partial charge in [0, 0.05) is 24.7 Å². The highest BCUT2D eigenvalue weighted by Gasteiger charge is 2.48. The Kier molecular flexibility index (Phi) is 2.42. The Balaban J connectivity index is 2.31. The van der Waals surface area contributed by atoms with Gasteiger partial charge in [0.25, 0.3) is 0 Å². The number of β-amino-alcohol motifs (C(OH)–C–C–N with tert-alkyl or cyclic N) is 1. The number of hydrogen-bond donors (Lipinski definition) is 1. The van der Waals surface area contributed by atoms with Crippen molar-refractivity contribution in [1.29, 1.82) is 0 Å². The minimum atomic E-state index is -0.803. The SMILES string of the molecule is CC1(C)CN(c2ccncc2F)C[C@@]1(C)O. The van der Waals surface area contributed by atoms with E-state index in [1.165, 1.54) is 6.20 Å². The Morgan fingerprint density at radius 2 is 2.06 bits per heavy atom. The van der Waals surface area contributed by atoms with Crippen LogP contribution in [0.4, 0.5) is 10.1 Å². The van der Waals surface area contributed by atoms with Gasteiger partial charge in [0.15, 0.2) is 5.82 Å². The van der Waals surface area contributed by atoms with Crippen molar-refractivity contribution in [1.82, 2.24) is 4.98 Å². The van der Waals surface area contributed by atoms with Crippen LogP contribution in [0.1, 0.15) is 20.8 Å². The maximum atomic E-state index is 13.6. The third-order valence-corrected chi connectivity index (χ3v) is 3.63. The van der Waals surface area contributed by atoms with E-state index in [0.29, 0.717) is 18.8 Å². The van der Waals surface area contributed by atoms with E-state index in [1.807, 2.05) is 18.7 Å². The summed E-state index contributed by atoms with van der Waals surface area (Å²) in [5, 5.41) is 10.3. The number of rotatable bonds is 1. The number of hydrogen-bond acceptors (Lipinski definition) is 3. The van der Waals surface area contributed by atoms with Crippen LogP contribution >= 0.6 is 0 Å². The molecule has 0 unspecified atom stereocenters. The highest BCUT2D eigenvalue weighted by atomic mass is 19.1. The molecular weight excluding hydrogens is 207 g/mol. The van der Waals surface area contributed by atoms with Crippen LogP contribution in [0, 0.1) is 11.2 Å². The molecule has 1 aliphatic heterocycles. The molecule has 1 N–H and O–H groups in total. The summed E-state index contributed by atoms with van der Waals surface area (Å²) in [5.41, 5.74) is -0.536. The monoisotopic (exact) mass is 224 g/mol. The fourth-order valence-electron chi connectivity index (χ4n) is 2.08. The Hall–Kier alpha value is -1.16. The molecule has 1 aromatic heterocycles. The van der Waals surface area contributed by atoms with E-state index in [0.717, 1.165) is 0 Å². The number of aromatic nitrogens is 1. The molecule has 1 fully saturated rings. The molecular formula is C12H17FN2O. The van der Waals surface area contributed by atoms with Crippen LogP contribution in [0.25, 0.3) is 0 Å². The predicted molar refractivity (Wildman–Crippen MR) is 60.8 cm³/mol. The molecule has 0 spiro atoms. The summed E-state index contributed by atoms with van der Waals surface area (Å²) in [6, 6.07) is 1.65. The summed E-state index contributed by atoms with van der Waals surface area (Å²) in [7, 11) is 0. The fraction of sp³-hybridized carbons (Fsp3) is 0.583. The van der Waals surface area contributed by atoms with Crippen molar-refractivity contribution in [2.45, 2.75) is 26.4 Å². The zero-order chi connectivity index (χ0) is 12.0. The Morgan fingerprint density at radius 3 is 2.56 bits per heavy atom. The molecule has 0 saturated carbocycles. The molecule has 88 valence electrons. The van der Waals surface area contributed by atoms with Gasteiger partial charge in [-0.3, -0.25) is 4.98 Å². The van der Waals surface area contributed by atoms with Gasteiger partial charge in [-0.05, 0) is 13.0 Å². The van der Waals surface area contributed by atoms with Crippen molar-refractivity contribution < 1.29 is 9.50 Å². The number of nitrogens with zero attached hydrogens (tertiary/aromatic N) is 2. The standard InChI is InChI=1S/C12H17FN2O/c1-11(2)7-15(8-12(11,3)16)10-4-5-14-6-9(10)13/h4-6,16H,7-8H2,1-3H3/t12-/m1/s1. The van der Waals surface area contributed by atoms with Gasteiger partial charge in [-0.1, -0.05) is 13.8 Å². The Morgan fingerprint density at radius 1 is 1.38 bits per heavy atom. The van der Waals surface area contributed by atoms with Crippen molar-refractivity contribution in [3.63, 3.8) is 0 Å². The topological polar surface area (TPSA) is 36.4 Å². The zero-order valence-corrected chi connectivity index (χ0v) is 9.87. The maximum absolute atomic E-state index is 13.6. The lowest BCUT2D eigenvalue weighted by Crippen LogP contribution is -2.40. The van der Waals surface area contributed by atoms with Crippen LogP contribution in [-0.4, -0.2) is 28.8 Å². The summed E-state index contributed by atoms with van der Waals surface area (Å²) in [6.45, 7) is 6.87. The van der Waals surface area contributed by atoms with Gasteiger partial charge < -0.3 is 10.0 Å². The first-order chi connectivity index (χ1) is 7.33. The van der Waals surface area contributed by atoms with Crippen molar-refractivity contribution in [3.8, 4) is 0 Å². The molecule has 1 saturated heterocycles. The Labute approximate surface area is 94.9 Å². The fourth-order valence-corrected chi connectivity index (χ4v) is 2.08. The van der Waals surface area contributed by atoms with Gasteiger partial charge in [0.1, 0.15) is 0 Å². The molecule has 0 amide bonds. The van der Waals surface area contributed by atoms with Gasteiger partial charge in [-0.25, -0.2) is 4.39 Å². The van der Waals surface area contributed by atoms with E-state index in [4.69, 9.17) is 0 Å². The predicted octanol–water partition coefficient (Wildman–Crippen LogP) is 1.82. The van der Waals surface area contributed by atoms with Crippen molar-refractivity contribution in [3.05, 3.63) is 24.3 Å². The molecule has 3 nitrogen and oxygen atoms in total. The molecule has 2 heterocycles. The van der Waals surface area contributed by atoms with Gasteiger partial charge in [0.05, 0.1) is 17.5 Å². The molecule has 16 heavy (non-hydrogen) atoms. The van der Waals surface area contributed by atoms with Crippen LogP contribution < -0.4 is 4.90 Å². The van der Waals surface area contributed by atoms with E-state index in [9.17, 15) is 9.50 Å². The molecule has 0 radical (unpaired) electrons. The van der Waals surface area contributed by atoms with Crippen LogP contribution in [0.2, 0.25) is 0 Å². The summed E-state index contributed by atoms with van der Waals surface area (Å²) < 4.78 is 13.6. The molecule has 4 heteroatoms. The van der Waals surface area contributed by atoms with Crippen LogP contribution in [0.5, 0.6) is 0 Å². The zero-order valence-electron chi connectivity index (χ0n) is 9.87. The minimum Gasteiger partial charge on any atom is -0.388 e. The first-order valence-electron chi connectivity index (χ1n) is 5.40. The second-order valence-electron chi connectivity index (χ2n) is 5.34. The lowest BCUT2D eigenvalue weighted by atomic mass is 9.79.